The Labute approximate surface area is 118 Å². The van der Waals surface area contributed by atoms with Crippen molar-refractivity contribution < 1.29 is 18.7 Å². The van der Waals surface area contributed by atoms with E-state index < -0.39 is 13.0 Å². The van der Waals surface area contributed by atoms with Gasteiger partial charge >= 0.3 is 0 Å². The first-order valence-corrected chi connectivity index (χ1v) is 6.57. The maximum atomic E-state index is 12.4. The van der Waals surface area contributed by atoms with E-state index in [1.807, 2.05) is 32.9 Å². The van der Waals surface area contributed by atoms with Crippen LogP contribution in [0.4, 0.5) is 8.78 Å². The number of rotatable bonds is 7. The Morgan fingerprint density at radius 2 is 1.80 bits per heavy atom. The number of hydrogen-bond acceptors (Lipinski definition) is 3. The van der Waals surface area contributed by atoms with Crippen LogP contribution in [0.5, 0.6) is 0 Å². The lowest BCUT2D eigenvalue weighted by Gasteiger charge is -2.21. The summed E-state index contributed by atoms with van der Waals surface area (Å²) >= 11 is 0. The first-order valence-electron chi connectivity index (χ1n) is 6.57. The van der Waals surface area contributed by atoms with Crippen molar-refractivity contribution in [2.75, 3.05) is 26.2 Å². The van der Waals surface area contributed by atoms with Crippen molar-refractivity contribution in [2.45, 2.75) is 27.2 Å². The van der Waals surface area contributed by atoms with Gasteiger partial charge in [0.05, 0.1) is 19.7 Å². The van der Waals surface area contributed by atoms with Gasteiger partial charge in [-0.25, -0.2) is 8.78 Å². The molecular formula is C15H21F2NO2. The summed E-state index contributed by atoms with van der Waals surface area (Å²) in [7, 11) is 0. The Hall–Kier alpha value is -1.33. The summed E-state index contributed by atoms with van der Waals surface area (Å²) in [5.74, 6) is -0.186. The largest absolute Gasteiger partial charge is 0.395 e. The molecule has 0 spiro atoms. The lowest BCUT2D eigenvalue weighted by Crippen LogP contribution is -2.36. The average molecular weight is 285 g/mol. The maximum absolute atomic E-state index is 12.4. The lowest BCUT2D eigenvalue weighted by atomic mass is 9.96. The summed E-state index contributed by atoms with van der Waals surface area (Å²) in [5, 5.41) is 8.88. The molecule has 0 amide bonds. The normalized spacial score (nSPS) is 11.4. The average Bonchev–Trinajstić information content (AvgIpc) is 2.26. The number of nitrogens with zero attached hydrogens (tertiary/aromatic N) is 1. The van der Waals surface area contributed by atoms with Crippen LogP contribution in [0.1, 0.15) is 27.0 Å². The molecule has 0 aliphatic carbocycles. The highest BCUT2D eigenvalue weighted by molar-refractivity contribution is 6.00. The van der Waals surface area contributed by atoms with Crippen molar-refractivity contribution in [3.8, 4) is 0 Å². The fraction of sp³-hybridized carbons (Fsp3) is 0.533. The molecule has 0 bridgehead atoms. The van der Waals surface area contributed by atoms with Crippen molar-refractivity contribution in [3.05, 3.63) is 34.4 Å². The molecular weight excluding hydrogens is 264 g/mol. The molecule has 3 nitrogen and oxygen atoms in total. The van der Waals surface area contributed by atoms with E-state index in [0.29, 0.717) is 5.56 Å². The summed E-state index contributed by atoms with van der Waals surface area (Å²) in [4.78, 5) is 13.6. The Balaban J connectivity index is 2.89. The summed E-state index contributed by atoms with van der Waals surface area (Å²) in [6.07, 6.45) is -2.52. The number of carbonyl (C=O) groups excluding carboxylic acids is 1. The van der Waals surface area contributed by atoms with Gasteiger partial charge in [0.1, 0.15) is 0 Å². The molecule has 0 radical (unpaired) electrons. The fourth-order valence-corrected chi connectivity index (χ4v) is 2.47. The van der Waals surface area contributed by atoms with Gasteiger partial charge < -0.3 is 5.11 Å². The number of hydrogen-bond donors (Lipinski definition) is 1. The number of aliphatic hydroxyl groups is 1. The van der Waals surface area contributed by atoms with Crippen LogP contribution in [0.2, 0.25) is 0 Å². The second kappa shape index (κ2) is 7.45. The predicted molar refractivity (Wildman–Crippen MR) is 74.5 cm³/mol. The highest BCUT2D eigenvalue weighted by Crippen LogP contribution is 2.17. The van der Waals surface area contributed by atoms with E-state index in [9.17, 15) is 13.6 Å². The monoisotopic (exact) mass is 285 g/mol. The van der Waals surface area contributed by atoms with E-state index in [-0.39, 0.29) is 25.5 Å². The molecule has 0 heterocycles. The van der Waals surface area contributed by atoms with Gasteiger partial charge in [-0.05, 0) is 31.9 Å². The molecule has 1 N–H and O–H groups in total. The SMILES string of the molecule is Cc1cc(C)c(C(=O)CN(CCO)CC(F)F)c(C)c1. The van der Waals surface area contributed by atoms with Crippen molar-refractivity contribution in [1.29, 1.82) is 0 Å². The van der Waals surface area contributed by atoms with Crippen LogP contribution in [0.25, 0.3) is 0 Å². The zero-order valence-electron chi connectivity index (χ0n) is 12.1. The predicted octanol–water partition coefficient (Wildman–Crippen LogP) is 2.35. The number of aliphatic hydroxyl groups excluding tert-OH is 1. The molecule has 20 heavy (non-hydrogen) atoms. The van der Waals surface area contributed by atoms with Crippen molar-refractivity contribution in [1.82, 2.24) is 4.90 Å². The highest BCUT2D eigenvalue weighted by atomic mass is 19.3. The number of halogens is 2. The minimum absolute atomic E-state index is 0.0695. The Morgan fingerprint density at radius 1 is 1.25 bits per heavy atom. The van der Waals surface area contributed by atoms with Gasteiger partial charge in [-0.15, -0.1) is 0 Å². The first-order chi connectivity index (χ1) is 9.35. The minimum atomic E-state index is -2.52. The molecule has 5 heteroatoms. The van der Waals surface area contributed by atoms with E-state index in [2.05, 4.69) is 0 Å². The third kappa shape index (κ3) is 4.65. The van der Waals surface area contributed by atoms with Crippen LogP contribution in [0.15, 0.2) is 12.1 Å². The lowest BCUT2D eigenvalue weighted by molar-refractivity contribution is 0.0688. The quantitative estimate of drug-likeness (QED) is 0.782. The van der Waals surface area contributed by atoms with E-state index in [1.54, 1.807) is 0 Å². The van der Waals surface area contributed by atoms with E-state index in [1.165, 1.54) is 4.90 Å². The van der Waals surface area contributed by atoms with Gasteiger partial charge in [0.25, 0.3) is 6.43 Å². The second-order valence-electron chi connectivity index (χ2n) is 5.05. The van der Waals surface area contributed by atoms with Crippen LogP contribution in [-0.2, 0) is 0 Å². The van der Waals surface area contributed by atoms with Crippen LogP contribution in [0.3, 0.4) is 0 Å². The molecule has 0 fully saturated rings. The summed E-state index contributed by atoms with van der Waals surface area (Å²) in [6.45, 7) is 4.86. The number of aryl methyl sites for hydroxylation is 3. The zero-order chi connectivity index (χ0) is 15.3. The van der Waals surface area contributed by atoms with Gasteiger partial charge in [0, 0.05) is 12.1 Å². The van der Waals surface area contributed by atoms with E-state index in [0.717, 1.165) is 16.7 Å². The van der Waals surface area contributed by atoms with Gasteiger partial charge in [-0.1, -0.05) is 17.7 Å². The standard InChI is InChI=1S/C15H21F2NO2/c1-10-6-11(2)15(12(3)7-10)13(20)8-18(4-5-19)9-14(16)17/h6-7,14,19H,4-5,8-9H2,1-3H3. The van der Waals surface area contributed by atoms with Crippen LogP contribution in [-0.4, -0.2) is 48.5 Å². The molecule has 0 atom stereocenters. The van der Waals surface area contributed by atoms with E-state index in [4.69, 9.17) is 5.11 Å². The van der Waals surface area contributed by atoms with Gasteiger partial charge in [0.2, 0.25) is 0 Å². The molecule has 0 aromatic heterocycles. The van der Waals surface area contributed by atoms with Crippen molar-refractivity contribution >= 4 is 5.78 Å². The Bertz CT molecular complexity index is 452. The second-order valence-corrected chi connectivity index (χ2v) is 5.05. The number of ketones is 1. The molecule has 0 saturated heterocycles. The number of benzene rings is 1. The smallest absolute Gasteiger partial charge is 0.251 e. The summed E-state index contributed by atoms with van der Waals surface area (Å²) in [6, 6.07) is 3.81. The maximum Gasteiger partial charge on any atom is 0.251 e. The van der Waals surface area contributed by atoms with Crippen molar-refractivity contribution in [2.24, 2.45) is 0 Å². The topological polar surface area (TPSA) is 40.5 Å². The molecule has 1 rings (SSSR count). The third-order valence-electron chi connectivity index (χ3n) is 3.14. The first kappa shape index (κ1) is 16.7. The van der Waals surface area contributed by atoms with Gasteiger partial charge in [-0.2, -0.15) is 0 Å². The molecule has 0 aliphatic heterocycles. The Morgan fingerprint density at radius 3 is 2.25 bits per heavy atom. The van der Waals surface area contributed by atoms with Crippen LogP contribution < -0.4 is 0 Å². The third-order valence-corrected chi connectivity index (χ3v) is 3.14. The molecule has 0 saturated carbocycles. The zero-order valence-corrected chi connectivity index (χ0v) is 12.1. The van der Waals surface area contributed by atoms with Crippen LogP contribution >= 0.6 is 0 Å². The number of alkyl halides is 2. The summed E-state index contributed by atoms with van der Waals surface area (Å²) in [5.41, 5.74) is 3.37. The van der Waals surface area contributed by atoms with Gasteiger partial charge in [-0.3, -0.25) is 9.69 Å². The Kier molecular flexibility index (Phi) is 6.23. The summed E-state index contributed by atoms with van der Waals surface area (Å²) < 4.78 is 24.9. The molecule has 1 aromatic carbocycles. The fourth-order valence-electron chi connectivity index (χ4n) is 2.47. The molecule has 112 valence electrons. The molecule has 1 aromatic rings. The van der Waals surface area contributed by atoms with E-state index >= 15 is 0 Å². The molecule has 0 aliphatic rings. The number of Topliss-reactive ketones (excluding diaryl/α,β-unsaturated/α-hetero) is 1. The molecule has 0 unspecified atom stereocenters. The number of carbonyl (C=O) groups is 1. The minimum Gasteiger partial charge on any atom is -0.395 e. The van der Waals surface area contributed by atoms with Crippen LogP contribution in [0, 0.1) is 20.8 Å². The highest BCUT2D eigenvalue weighted by Gasteiger charge is 2.19. The van der Waals surface area contributed by atoms with Gasteiger partial charge in [0.15, 0.2) is 5.78 Å². The van der Waals surface area contributed by atoms with Crippen molar-refractivity contribution in [3.63, 3.8) is 0 Å².